The number of rotatable bonds is 1. The lowest BCUT2D eigenvalue weighted by Gasteiger charge is -2.35. The van der Waals surface area contributed by atoms with Crippen LogP contribution in [0.1, 0.15) is 18.0 Å². The molecule has 1 aromatic rings. The van der Waals surface area contributed by atoms with Crippen molar-refractivity contribution in [3.63, 3.8) is 0 Å². The smallest absolute Gasteiger partial charge is 0.125 e. The first-order valence-corrected chi connectivity index (χ1v) is 5.80. The van der Waals surface area contributed by atoms with Crippen molar-refractivity contribution in [1.29, 1.82) is 0 Å². The molecule has 2 aliphatic heterocycles. The molecule has 1 atom stereocenters. The van der Waals surface area contributed by atoms with Crippen molar-refractivity contribution in [3.8, 4) is 5.75 Å². The van der Waals surface area contributed by atoms with E-state index >= 15 is 0 Å². The van der Waals surface area contributed by atoms with Crippen LogP contribution >= 0.6 is 15.9 Å². The Labute approximate surface area is 92.0 Å². The van der Waals surface area contributed by atoms with Crippen LogP contribution in [-0.2, 0) is 0 Å². The Morgan fingerprint density at radius 3 is 2.93 bits per heavy atom. The first kappa shape index (κ1) is 8.74. The Balaban J connectivity index is 1.93. The van der Waals surface area contributed by atoms with Gasteiger partial charge in [-0.15, -0.1) is 0 Å². The lowest BCUT2D eigenvalue weighted by Crippen LogP contribution is -2.40. The van der Waals surface area contributed by atoms with Crippen molar-refractivity contribution in [2.24, 2.45) is 0 Å². The molecule has 3 heteroatoms. The van der Waals surface area contributed by atoms with E-state index in [-0.39, 0.29) is 0 Å². The van der Waals surface area contributed by atoms with Gasteiger partial charge in [-0.2, -0.15) is 0 Å². The van der Waals surface area contributed by atoms with Crippen molar-refractivity contribution < 1.29 is 4.74 Å². The molecule has 74 valence electrons. The van der Waals surface area contributed by atoms with E-state index in [0.29, 0.717) is 6.04 Å². The van der Waals surface area contributed by atoms with Gasteiger partial charge in [-0.05, 0) is 18.6 Å². The molecule has 0 spiro atoms. The van der Waals surface area contributed by atoms with E-state index in [0.717, 1.165) is 16.8 Å². The van der Waals surface area contributed by atoms with E-state index in [2.05, 4.69) is 39.0 Å². The maximum atomic E-state index is 5.68. The highest BCUT2D eigenvalue weighted by molar-refractivity contribution is 9.10. The molecule has 0 N–H and O–H groups in total. The lowest BCUT2D eigenvalue weighted by molar-refractivity contribution is 0.0994. The second kappa shape index (κ2) is 3.24. The molecule has 0 saturated carbocycles. The van der Waals surface area contributed by atoms with Gasteiger partial charge in [0.15, 0.2) is 0 Å². The minimum atomic E-state index is 0.506. The summed E-state index contributed by atoms with van der Waals surface area (Å²) in [7, 11) is 0. The maximum absolute atomic E-state index is 5.68. The Morgan fingerprint density at radius 2 is 2.21 bits per heavy atom. The van der Waals surface area contributed by atoms with Gasteiger partial charge in [-0.3, -0.25) is 4.90 Å². The van der Waals surface area contributed by atoms with E-state index in [1.54, 1.807) is 0 Å². The zero-order chi connectivity index (χ0) is 9.54. The number of halogens is 1. The highest BCUT2D eigenvalue weighted by Gasteiger charge is 2.32. The number of fused-ring (bicyclic) bond motifs is 1. The predicted octanol–water partition coefficient (Wildman–Crippen LogP) is 2.59. The van der Waals surface area contributed by atoms with Gasteiger partial charge >= 0.3 is 0 Å². The first-order valence-electron chi connectivity index (χ1n) is 5.01. The monoisotopic (exact) mass is 253 g/mol. The van der Waals surface area contributed by atoms with E-state index in [1.807, 2.05) is 0 Å². The summed E-state index contributed by atoms with van der Waals surface area (Å²) in [6.07, 6.45) is 1.34. The van der Waals surface area contributed by atoms with Gasteiger partial charge in [0.2, 0.25) is 0 Å². The minimum Gasteiger partial charge on any atom is -0.491 e. The summed E-state index contributed by atoms with van der Waals surface area (Å²) in [5.74, 6) is 1.05. The van der Waals surface area contributed by atoms with Gasteiger partial charge in [0.1, 0.15) is 12.4 Å². The van der Waals surface area contributed by atoms with Crippen LogP contribution in [0.5, 0.6) is 5.75 Å². The summed E-state index contributed by atoms with van der Waals surface area (Å²) in [6, 6.07) is 6.84. The Bertz CT molecular complexity index is 362. The fourth-order valence-electron chi connectivity index (χ4n) is 2.12. The summed E-state index contributed by atoms with van der Waals surface area (Å²) in [5, 5.41) is 0. The molecule has 1 saturated heterocycles. The Hall–Kier alpha value is -0.540. The normalized spacial score (nSPS) is 25.4. The fraction of sp³-hybridized carbons (Fsp3) is 0.455. The molecule has 14 heavy (non-hydrogen) atoms. The Morgan fingerprint density at radius 1 is 1.36 bits per heavy atom. The predicted molar refractivity (Wildman–Crippen MR) is 58.6 cm³/mol. The second-order valence-electron chi connectivity index (χ2n) is 3.90. The van der Waals surface area contributed by atoms with E-state index in [4.69, 9.17) is 4.74 Å². The molecule has 0 unspecified atom stereocenters. The molecule has 3 rings (SSSR count). The van der Waals surface area contributed by atoms with Gasteiger partial charge in [-0.1, -0.05) is 22.0 Å². The lowest BCUT2D eigenvalue weighted by atomic mass is 10.0. The number of likely N-dealkylation sites (tertiary alicyclic amines) is 1. The van der Waals surface area contributed by atoms with E-state index < -0.39 is 0 Å². The standard InChI is InChI=1S/C11H12BrNO/c12-8-2-3-9-10(13-4-1-5-13)7-14-11(9)6-8/h2-3,6,10H,1,4-5,7H2/t10-/m0/s1. The summed E-state index contributed by atoms with van der Waals surface area (Å²) in [5.41, 5.74) is 1.35. The van der Waals surface area contributed by atoms with Crippen LogP contribution in [0.15, 0.2) is 22.7 Å². The quantitative estimate of drug-likeness (QED) is 0.763. The van der Waals surface area contributed by atoms with Crippen molar-refractivity contribution >= 4 is 15.9 Å². The average Bonchev–Trinajstić information content (AvgIpc) is 2.45. The van der Waals surface area contributed by atoms with Gasteiger partial charge in [0.25, 0.3) is 0 Å². The summed E-state index contributed by atoms with van der Waals surface area (Å²) >= 11 is 3.46. The second-order valence-corrected chi connectivity index (χ2v) is 4.81. The molecule has 0 amide bonds. The third kappa shape index (κ3) is 1.27. The van der Waals surface area contributed by atoms with Gasteiger partial charge in [0.05, 0.1) is 6.04 Å². The number of nitrogens with zero attached hydrogens (tertiary/aromatic N) is 1. The molecule has 2 aliphatic rings. The molecule has 0 aromatic heterocycles. The van der Waals surface area contributed by atoms with Crippen molar-refractivity contribution in [2.75, 3.05) is 19.7 Å². The zero-order valence-corrected chi connectivity index (χ0v) is 9.46. The zero-order valence-electron chi connectivity index (χ0n) is 7.87. The van der Waals surface area contributed by atoms with Crippen LogP contribution in [0, 0.1) is 0 Å². The largest absolute Gasteiger partial charge is 0.491 e. The average molecular weight is 254 g/mol. The molecular formula is C11H12BrNO. The Kier molecular flexibility index (Phi) is 2.03. The summed E-state index contributed by atoms with van der Waals surface area (Å²) in [6.45, 7) is 3.28. The molecule has 0 radical (unpaired) electrons. The topological polar surface area (TPSA) is 12.5 Å². The first-order chi connectivity index (χ1) is 6.84. The highest BCUT2D eigenvalue weighted by Crippen LogP contribution is 2.39. The third-order valence-corrected chi connectivity index (χ3v) is 3.56. The van der Waals surface area contributed by atoms with Gasteiger partial charge in [-0.25, -0.2) is 0 Å². The van der Waals surface area contributed by atoms with Crippen LogP contribution in [0.2, 0.25) is 0 Å². The number of hydrogen-bond donors (Lipinski definition) is 0. The van der Waals surface area contributed by atoms with Crippen molar-refractivity contribution in [1.82, 2.24) is 4.90 Å². The third-order valence-electron chi connectivity index (χ3n) is 3.06. The molecule has 0 bridgehead atoms. The van der Waals surface area contributed by atoms with Crippen molar-refractivity contribution in [3.05, 3.63) is 28.2 Å². The summed E-state index contributed by atoms with van der Waals surface area (Å²) < 4.78 is 6.77. The highest BCUT2D eigenvalue weighted by atomic mass is 79.9. The van der Waals surface area contributed by atoms with Crippen LogP contribution in [0.4, 0.5) is 0 Å². The molecule has 0 aliphatic carbocycles. The van der Waals surface area contributed by atoms with Gasteiger partial charge in [0, 0.05) is 23.1 Å². The van der Waals surface area contributed by atoms with E-state index in [9.17, 15) is 0 Å². The van der Waals surface area contributed by atoms with Crippen LogP contribution < -0.4 is 4.74 Å². The van der Waals surface area contributed by atoms with Crippen LogP contribution in [-0.4, -0.2) is 24.6 Å². The maximum Gasteiger partial charge on any atom is 0.125 e. The van der Waals surface area contributed by atoms with Crippen LogP contribution in [0.3, 0.4) is 0 Å². The van der Waals surface area contributed by atoms with Crippen molar-refractivity contribution in [2.45, 2.75) is 12.5 Å². The molecule has 2 heterocycles. The molecule has 1 aromatic carbocycles. The molecule has 2 nitrogen and oxygen atoms in total. The molecule has 1 fully saturated rings. The minimum absolute atomic E-state index is 0.506. The number of benzene rings is 1. The van der Waals surface area contributed by atoms with E-state index in [1.165, 1.54) is 25.1 Å². The van der Waals surface area contributed by atoms with Gasteiger partial charge < -0.3 is 4.74 Å². The number of hydrogen-bond acceptors (Lipinski definition) is 2. The molecular weight excluding hydrogens is 242 g/mol. The fourth-order valence-corrected chi connectivity index (χ4v) is 2.46. The SMILES string of the molecule is Brc1ccc2c(c1)OC[C@@H]2N1CCC1. The summed E-state index contributed by atoms with van der Waals surface area (Å²) in [4.78, 5) is 2.49. The number of ether oxygens (including phenoxy) is 1. The van der Waals surface area contributed by atoms with Crippen LogP contribution in [0.25, 0.3) is 0 Å².